The van der Waals surface area contributed by atoms with Crippen molar-refractivity contribution in [2.45, 2.75) is 0 Å². The molecule has 0 radical (unpaired) electrons. The van der Waals surface area contributed by atoms with Gasteiger partial charge in [0.15, 0.2) is 0 Å². The molecule has 0 saturated carbocycles. The Labute approximate surface area is 466 Å². The summed E-state index contributed by atoms with van der Waals surface area (Å²) >= 11 is 3.17. The van der Waals surface area contributed by atoms with Gasteiger partial charge in [-0.15, -0.1) is 22.7 Å². The Morgan fingerprint density at radius 3 is 1.21 bits per heavy atom. The number of benzene rings is 10. The number of hydrogen-bond donors (Lipinski definition) is 0. The number of halogens is 6. The van der Waals surface area contributed by atoms with Crippen molar-refractivity contribution in [3.8, 4) is 34.5 Å². The Hall–Kier alpha value is -9.31. The van der Waals surface area contributed by atoms with Crippen LogP contribution in [0.1, 0.15) is 0 Å². The highest BCUT2D eigenvalue weighted by Crippen LogP contribution is 2.51. The molecule has 0 amide bonds. The SMILES string of the molecule is Fc1cccc(F)c1N1c2cc3c(cc2B2c4sc5ccccc5c4Oc4cccc1c42)B1c2cc4c(cc2N(c2c(F)cccc2F)c2cccc(c21)N3c1c(F)cccc1F)Oc1cccc2c1B4c1sc3ccccc3c1O2. The Balaban J connectivity index is 0.984. The molecule has 81 heavy (non-hydrogen) atoms. The fourth-order valence-corrected chi connectivity index (χ4v) is 16.2. The smallest absolute Gasteiger partial charge is 0.273 e. The summed E-state index contributed by atoms with van der Waals surface area (Å²) in [5.74, 6) is -1.63. The number of para-hydroxylation sites is 3. The first-order valence-electron chi connectivity index (χ1n) is 26.2. The summed E-state index contributed by atoms with van der Waals surface area (Å²) in [6, 6.07) is 51.1. The van der Waals surface area contributed by atoms with Gasteiger partial charge in [0.1, 0.15) is 86.5 Å². The molecular weight excluding hydrogens is 1070 g/mol. The predicted octanol–water partition coefficient (Wildman–Crippen LogP) is 12.2. The Kier molecular flexibility index (Phi) is 9.10. The molecule has 6 aliphatic rings. The van der Waals surface area contributed by atoms with Crippen LogP contribution in [0.4, 0.5) is 77.5 Å². The van der Waals surface area contributed by atoms with E-state index in [0.717, 1.165) is 46.4 Å². The molecule has 12 aromatic rings. The Morgan fingerprint density at radius 2 is 0.691 bits per heavy atom. The van der Waals surface area contributed by atoms with Crippen LogP contribution in [-0.4, -0.2) is 20.1 Å². The average Bonchev–Trinajstić information content (AvgIpc) is 4.27. The molecule has 2 aromatic heterocycles. The van der Waals surface area contributed by atoms with Gasteiger partial charge in [-0.1, -0.05) is 72.8 Å². The average molecular weight is 1100 g/mol. The second-order valence-corrected chi connectivity index (χ2v) is 23.1. The lowest BCUT2D eigenvalue weighted by atomic mass is 9.30. The van der Waals surface area contributed by atoms with Crippen LogP contribution in [0, 0.1) is 34.9 Å². The van der Waals surface area contributed by atoms with Crippen molar-refractivity contribution in [2.24, 2.45) is 0 Å². The van der Waals surface area contributed by atoms with Gasteiger partial charge in [0.25, 0.3) is 20.1 Å². The number of thiophene rings is 2. The lowest BCUT2D eigenvalue weighted by Gasteiger charge is -2.46. The van der Waals surface area contributed by atoms with E-state index < -0.39 is 60.7 Å². The van der Waals surface area contributed by atoms with Gasteiger partial charge < -0.3 is 28.9 Å². The van der Waals surface area contributed by atoms with Crippen molar-refractivity contribution >= 4 is 162 Å². The van der Waals surface area contributed by atoms with E-state index >= 15 is 26.3 Å². The van der Waals surface area contributed by atoms with E-state index in [9.17, 15) is 0 Å². The molecule has 0 aliphatic carbocycles. The number of nitrogens with zero attached hydrogens (tertiary/aromatic N) is 3. The van der Waals surface area contributed by atoms with Gasteiger partial charge in [-0.05, 0) is 136 Å². The van der Waals surface area contributed by atoms with Crippen LogP contribution >= 0.6 is 22.7 Å². The summed E-state index contributed by atoms with van der Waals surface area (Å²) < 4.78 is 126. The van der Waals surface area contributed by atoms with Crippen LogP contribution in [0.3, 0.4) is 0 Å². The van der Waals surface area contributed by atoms with Crippen molar-refractivity contribution in [3.05, 3.63) is 217 Å². The Bertz CT molecular complexity index is 4820. The summed E-state index contributed by atoms with van der Waals surface area (Å²) in [5, 5.41) is 1.85. The lowest BCUT2D eigenvalue weighted by molar-refractivity contribution is 0.468. The van der Waals surface area contributed by atoms with Crippen LogP contribution in [0.15, 0.2) is 182 Å². The summed E-state index contributed by atoms with van der Waals surface area (Å²) in [6.07, 6.45) is 0. The van der Waals surface area contributed by atoms with Crippen molar-refractivity contribution in [3.63, 3.8) is 0 Å². The fourth-order valence-electron chi connectivity index (χ4n) is 13.7. The number of hydrogen-bond acceptors (Lipinski definition) is 8. The molecule has 10 aromatic carbocycles. The van der Waals surface area contributed by atoms with E-state index in [2.05, 4.69) is 12.1 Å². The van der Waals surface area contributed by atoms with Crippen LogP contribution in [0.5, 0.6) is 34.5 Å². The molecule has 18 rings (SSSR count). The highest BCUT2D eigenvalue weighted by molar-refractivity contribution is 7.34. The second kappa shape index (κ2) is 16.2. The standard InChI is InChI=1S/C64H30B3F6N3O3S2/c68-37-13-5-14-38(69)58(37)74-43-19-8-20-44-55(43)65(33-27-35-47(29-46(33)74)76(60-41(72)17-7-18-42(60)73)45-21-9-22-49-56(45)66(35)63-61(78-49)31-11-1-3-25-53(31)80-63)34-28-36-52(30-48(34)75(44)59-39(70)15-6-16-40(59)71)77-50-23-10-24-51-57(50)67(36)64-62(79-51)32-12-2-4-26-54(32)81-64/h1-30H. The molecule has 17 heteroatoms. The molecule has 0 bridgehead atoms. The molecule has 382 valence electrons. The second-order valence-electron chi connectivity index (χ2n) is 20.9. The third-order valence-electron chi connectivity index (χ3n) is 16.8. The monoisotopic (exact) mass is 1100 g/mol. The number of rotatable bonds is 3. The van der Waals surface area contributed by atoms with E-state index in [1.165, 1.54) is 59.5 Å². The minimum Gasteiger partial charge on any atom is -0.458 e. The van der Waals surface area contributed by atoms with E-state index in [4.69, 9.17) is 14.2 Å². The summed E-state index contributed by atoms with van der Waals surface area (Å²) in [5.41, 5.74) is 5.55. The van der Waals surface area contributed by atoms with Gasteiger partial charge in [0, 0.05) is 75.4 Å². The van der Waals surface area contributed by atoms with E-state index in [-0.39, 0.29) is 11.4 Å². The summed E-state index contributed by atoms with van der Waals surface area (Å²) in [7, 11) is 0. The Morgan fingerprint density at radius 1 is 0.309 bits per heavy atom. The van der Waals surface area contributed by atoms with Gasteiger partial charge in [0.05, 0.1) is 0 Å². The molecule has 0 saturated heterocycles. The van der Waals surface area contributed by atoms with Crippen molar-refractivity contribution < 1.29 is 40.6 Å². The minimum absolute atomic E-state index is 0.299. The largest absolute Gasteiger partial charge is 0.458 e. The van der Waals surface area contributed by atoms with Gasteiger partial charge in [-0.3, -0.25) is 0 Å². The minimum atomic E-state index is -0.895. The van der Waals surface area contributed by atoms with Crippen LogP contribution in [-0.2, 0) is 0 Å². The molecule has 6 aliphatic heterocycles. The number of anilines is 9. The zero-order valence-corrected chi connectivity index (χ0v) is 43.3. The maximum atomic E-state index is 17.1. The molecule has 0 fully saturated rings. The van der Waals surface area contributed by atoms with Crippen LogP contribution < -0.4 is 76.7 Å². The first-order valence-corrected chi connectivity index (χ1v) is 27.8. The summed E-state index contributed by atoms with van der Waals surface area (Å²) in [4.78, 5) is 4.60. The van der Waals surface area contributed by atoms with Gasteiger partial charge in [-0.2, -0.15) is 0 Å². The predicted molar refractivity (Wildman–Crippen MR) is 315 cm³/mol. The third-order valence-corrected chi connectivity index (χ3v) is 19.3. The third kappa shape index (κ3) is 5.95. The zero-order valence-electron chi connectivity index (χ0n) is 41.7. The van der Waals surface area contributed by atoms with E-state index in [0.29, 0.717) is 90.2 Å². The molecule has 6 nitrogen and oxygen atoms in total. The molecule has 0 N–H and O–H groups in total. The lowest BCUT2D eigenvalue weighted by Crippen LogP contribution is -2.65. The first-order chi connectivity index (χ1) is 39.7. The van der Waals surface area contributed by atoms with E-state index in [1.54, 1.807) is 68.9 Å². The van der Waals surface area contributed by atoms with Gasteiger partial charge in [-0.25, -0.2) is 26.3 Å². The first kappa shape index (κ1) is 45.5. The van der Waals surface area contributed by atoms with E-state index in [1.807, 2.05) is 78.9 Å². The molecule has 0 unspecified atom stereocenters. The molecular formula is C64H30B3F6N3O3S2. The number of fused-ring (bicyclic) bond motifs is 16. The molecule has 0 spiro atoms. The maximum absolute atomic E-state index is 17.1. The van der Waals surface area contributed by atoms with Crippen LogP contribution in [0.2, 0.25) is 0 Å². The highest BCUT2D eigenvalue weighted by Gasteiger charge is 2.51. The topological polar surface area (TPSA) is 37.4 Å². The zero-order chi connectivity index (χ0) is 53.8. The van der Waals surface area contributed by atoms with Crippen molar-refractivity contribution in [1.82, 2.24) is 0 Å². The van der Waals surface area contributed by atoms with Crippen molar-refractivity contribution in [1.29, 1.82) is 0 Å². The number of ether oxygens (including phenoxy) is 3. The molecule has 8 heterocycles. The molecule has 0 atom stereocenters. The van der Waals surface area contributed by atoms with Gasteiger partial charge in [0.2, 0.25) is 0 Å². The highest BCUT2D eigenvalue weighted by atomic mass is 32.1. The fraction of sp³-hybridized carbons (Fsp3) is 0. The maximum Gasteiger partial charge on any atom is 0.273 e. The van der Waals surface area contributed by atoms with Crippen LogP contribution in [0.25, 0.3) is 20.2 Å². The quantitative estimate of drug-likeness (QED) is 0.130. The normalized spacial score (nSPS) is 14.2. The van der Waals surface area contributed by atoms with Crippen molar-refractivity contribution in [2.75, 3.05) is 14.7 Å². The van der Waals surface area contributed by atoms with Gasteiger partial charge >= 0.3 is 0 Å². The summed E-state index contributed by atoms with van der Waals surface area (Å²) in [6.45, 7) is -1.85.